The molecule has 132 valence electrons. The molecule has 1 aromatic heterocycles. The van der Waals surface area contributed by atoms with E-state index in [-0.39, 0.29) is 29.7 Å². The van der Waals surface area contributed by atoms with Crippen LogP contribution in [0.25, 0.3) is 0 Å². The molecule has 2 N–H and O–H groups in total. The van der Waals surface area contributed by atoms with Gasteiger partial charge in [0.1, 0.15) is 5.82 Å². The van der Waals surface area contributed by atoms with Crippen LogP contribution in [-0.4, -0.2) is 11.8 Å². The second-order valence-electron chi connectivity index (χ2n) is 5.44. The Morgan fingerprint density at radius 3 is 2.50 bits per heavy atom. The van der Waals surface area contributed by atoms with Crippen LogP contribution in [0.3, 0.4) is 0 Å². The zero-order valence-corrected chi connectivity index (χ0v) is 15.0. The van der Waals surface area contributed by atoms with E-state index in [1.165, 1.54) is 24.5 Å². The fourth-order valence-corrected chi connectivity index (χ4v) is 2.68. The van der Waals surface area contributed by atoms with Crippen molar-refractivity contribution in [1.82, 2.24) is 5.32 Å². The molecule has 0 saturated heterocycles. The average molecular weight is 417 g/mol. The third-order valence-corrected chi connectivity index (χ3v) is 4.27. The Labute approximate surface area is 157 Å². The molecule has 5 nitrogen and oxygen atoms in total. The van der Waals surface area contributed by atoms with Crippen molar-refractivity contribution in [2.24, 2.45) is 0 Å². The summed E-state index contributed by atoms with van der Waals surface area (Å²) in [5.41, 5.74) is 1.67. The van der Waals surface area contributed by atoms with Gasteiger partial charge in [-0.3, -0.25) is 9.59 Å². The Hall–Kier alpha value is -2.93. The van der Waals surface area contributed by atoms with Crippen LogP contribution in [0.5, 0.6) is 0 Å². The molecular formula is C19H14BrFN2O3. The predicted octanol–water partition coefficient (Wildman–Crippen LogP) is 4.36. The van der Waals surface area contributed by atoms with Crippen LogP contribution < -0.4 is 10.6 Å². The molecule has 1 heterocycles. The molecular weight excluding hydrogens is 403 g/mol. The molecule has 0 aliphatic carbocycles. The summed E-state index contributed by atoms with van der Waals surface area (Å²) in [5.74, 6) is -0.976. The molecule has 0 fully saturated rings. The zero-order chi connectivity index (χ0) is 18.5. The maximum Gasteiger partial charge on any atom is 0.291 e. The van der Waals surface area contributed by atoms with E-state index in [4.69, 9.17) is 4.42 Å². The molecule has 0 aliphatic rings. The number of carbonyl (C=O) groups is 2. The summed E-state index contributed by atoms with van der Waals surface area (Å²) in [6, 6.07) is 14.1. The number of amides is 2. The van der Waals surface area contributed by atoms with E-state index in [9.17, 15) is 14.0 Å². The fraction of sp³-hybridized carbons (Fsp3) is 0.0526. The minimum absolute atomic E-state index is 0.224. The third-order valence-electron chi connectivity index (χ3n) is 3.58. The first-order chi connectivity index (χ1) is 12.5. The van der Waals surface area contributed by atoms with Crippen molar-refractivity contribution in [2.45, 2.75) is 6.54 Å². The molecule has 3 aromatic rings. The average Bonchev–Trinajstić information content (AvgIpc) is 3.18. The summed E-state index contributed by atoms with van der Waals surface area (Å²) >= 11 is 3.23. The highest BCUT2D eigenvalue weighted by atomic mass is 79.9. The molecule has 26 heavy (non-hydrogen) atoms. The van der Waals surface area contributed by atoms with Crippen molar-refractivity contribution in [3.8, 4) is 0 Å². The number of carbonyl (C=O) groups excluding carboxylic acids is 2. The summed E-state index contributed by atoms with van der Waals surface area (Å²) < 4.78 is 18.8. The quantitative estimate of drug-likeness (QED) is 0.648. The van der Waals surface area contributed by atoms with Crippen molar-refractivity contribution in [3.05, 3.63) is 88.0 Å². The van der Waals surface area contributed by atoms with E-state index >= 15 is 0 Å². The standard InChI is InChI=1S/C19H14BrFN2O3/c20-16-8-5-13(21)10-15(16)18(24)22-11-12-3-6-14(7-4-12)23-19(25)17-2-1-9-26-17/h1-10H,11H2,(H,22,24)(H,23,25). The molecule has 7 heteroatoms. The molecule has 3 rings (SSSR count). The number of hydrogen-bond donors (Lipinski definition) is 2. The molecule has 0 aliphatic heterocycles. The van der Waals surface area contributed by atoms with Crippen LogP contribution in [-0.2, 0) is 6.54 Å². The van der Waals surface area contributed by atoms with E-state index < -0.39 is 5.82 Å². The Bertz CT molecular complexity index is 924. The van der Waals surface area contributed by atoms with Gasteiger partial charge in [-0.05, 0) is 64.0 Å². The third kappa shape index (κ3) is 4.37. The van der Waals surface area contributed by atoms with Crippen LogP contribution in [0.4, 0.5) is 10.1 Å². The summed E-state index contributed by atoms with van der Waals surface area (Å²) in [6.45, 7) is 0.272. The number of nitrogens with one attached hydrogen (secondary N) is 2. The predicted molar refractivity (Wildman–Crippen MR) is 98.4 cm³/mol. The second kappa shape index (κ2) is 7.97. The van der Waals surface area contributed by atoms with Crippen molar-refractivity contribution >= 4 is 33.4 Å². The Kier molecular flexibility index (Phi) is 5.48. The highest BCUT2D eigenvalue weighted by Crippen LogP contribution is 2.18. The lowest BCUT2D eigenvalue weighted by atomic mass is 10.1. The van der Waals surface area contributed by atoms with E-state index in [2.05, 4.69) is 26.6 Å². The van der Waals surface area contributed by atoms with Crippen molar-refractivity contribution in [3.63, 3.8) is 0 Å². The van der Waals surface area contributed by atoms with Crippen LogP contribution in [0, 0.1) is 5.82 Å². The van der Waals surface area contributed by atoms with Gasteiger partial charge in [0.25, 0.3) is 11.8 Å². The van der Waals surface area contributed by atoms with Gasteiger partial charge in [0.15, 0.2) is 5.76 Å². The molecule has 0 unspecified atom stereocenters. The Balaban J connectivity index is 1.58. The normalized spacial score (nSPS) is 10.4. The van der Waals surface area contributed by atoms with Crippen LogP contribution in [0.2, 0.25) is 0 Å². The molecule has 0 bridgehead atoms. The summed E-state index contributed by atoms with van der Waals surface area (Å²) in [7, 11) is 0. The van der Waals surface area contributed by atoms with Crippen LogP contribution in [0.15, 0.2) is 69.8 Å². The van der Waals surface area contributed by atoms with Gasteiger partial charge in [0.2, 0.25) is 0 Å². The Morgan fingerprint density at radius 1 is 1.04 bits per heavy atom. The van der Waals surface area contributed by atoms with Crippen molar-refractivity contribution in [2.75, 3.05) is 5.32 Å². The lowest BCUT2D eigenvalue weighted by Crippen LogP contribution is -2.23. The summed E-state index contributed by atoms with van der Waals surface area (Å²) in [6.07, 6.45) is 1.43. The Morgan fingerprint density at radius 2 is 1.81 bits per heavy atom. The van der Waals surface area contributed by atoms with Crippen molar-refractivity contribution in [1.29, 1.82) is 0 Å². The molecule has 0 saturated carbocycles. The largest absolute Gasteiger partial charge is 0.459 e. The van der Waals surface area contributed by atoms with Gasteiger partial charge in [-0.25, -0.2) is 4.39 Å². The molecule has 0 spiro atoms. The fourth-order valence-electron chi connectivity index (χ4n) is 2.26. The van der Waals surface area contributed by atoms with E-state index in [0.29, 0.717) is 10.2 Å². The minimum Gasteiger partial charge on any atom is -0.459 e. The van der Waals surface area contributed by atoms with Gasteiger partial charge in [-0.2, -0.15) is 0 Å². The number of benzene rings is 2. The highest BCUT2D eigenvalue weighted by Gasteiger charge is 2.11. The van der Waals surface area contributed by atoms with E-state index in [1.807, 2.05) is 0 Å². The number of halogens is 2. The molecule has 0 radical (unpaired) electrons. The van der Waals surface area contributed by atoms with Gasteiger partial charge in [-0.1, -0.05) is 12.1 Å². The monoisotopic (exact) mass is 416 g/mol. The van der Waals surface area contributed by atoms with E-state index in [0.717, 1.165) is 5.56 Å². The second-order valence-corrected chi connectivity index (χ2v) is 6.29. The number of hydrogen-bond acceptors (Lipinski definition) is 3. The van der Waals surface area contributed by atoms with Gasteiger partial charge in [-0.15, -0.1) is 0 Å². The first kappa shape index (κ1) is 17.9. The first-order valence-corrected chi connectivity index (χ1v) is 8.49. The summed E-state index contributed by atoms with van der Waals surface area (Å²) in [5, 5.41) is 5.44. The van der Waals surface area contributed by atoms with E-state index in [1.54, 1.807) is 36.4 Å². The van der Waals surface area contributed by atoms with Crippen LogP contribution in [0.1, 0.15) is 26.5 Å². The number of furan rings is 1. The van der Waals surface area contributed by atoms with Gasteiger partial charge < -0.3 is 15.1 Å². The lowest BCUT2D eigenvalue weighted by Gasteiger charge is -2.08. The number of rotatable bonds is 5. The molecule has 2 amide bonds. The molecule has 2 aromatic carbocycles. The summed E-state index contributed by atoms with van der Waals surface area (Å²) in [4.78, 5) is 24.1. The number of anilines is 1. The van der Waals surface area contributed by atoms with Gasteiger partial charge in [0, 0.05) is 16.7 Å². The van der Waals surface area contributed by atoms with Crippen molar-refractivity contribution < 1.29 is 18.4 Å². The highest BCUT2D eigenvalue weighted by molar-refractivity contribution is 9.10. The first-order valence-electron chi connectivity index (χ1n) is 7.70. The zero-order valence-electron chi connectivity index (χ0n) is 13.5. The molecule has 0 atom stereocenters. The lowest BCUT2D eigenvalue weighted by molar-refractivity contribution is 0.0948. The van der Waals surface area contributed by atoms with Gasteiger partial charge >= 0.3 is 0 Å². The smallest absolute Gasteiger partial charge is 0.291 e. The maximum absolute atomic E-state index is 13.3. The topological polar surface area (TPSA) is 71.3 Å². The maximum atomic E-state index is 13.3. The van der Waals surface area contributed by atoms with Gasteiger partial charge in [0.05, 0.1) is 11.8 Å². The minimum atomic E-state index is -0.477. The SMILES string of the molecule is O=C(Nc1ccc(CNC(=O)c2cc(F)ccc2Br)cc1)c1ccco1. The van der Waals surface area contributed by atoms with Crippen LogP contribution >= 0.6 is 15.9 Å².